The Hall–Kier alpha value is -1.50. The first-order chi connectivity index (χ1) is 10.1. The molecule has 1 N–H and O–H groups in total. The fourth-order valence-electron chi connectivity index (χ4n) is 2.29. The maximum atomic E-state index is 4.79. The van der Waals surface area contributed by atoms with Gasteiger partial charge in [-0.15, -0.1) is 5.10 Å². The first-order valence-electron chi connectivity index (χ1n) is 7.29. The third kappa shape index (κ3) is 2.79. The van der Waals surface area contributed by atoms with Gasteiger partial charge in [0.15, 0.2) is 4.60 Å². The lowest BCUT2D eigenvalue weighted by atomic mass is 10.1. The summed E-state index contributed by atoms with van der Waals surface area (Å²) in [4.78, 5) is 9.50. The Morgan fingerprint density at radius 1 is 1.33 bits per heavy atom. The number of rotatable bonds is 5. The van der Waals surface area contributed by atoms with Crippen LogP contribution in [0.2, 0.25) is 0 Å². The Labute approximate surface area is 132 Å². The normalized spacial score (nSPS) is 14.5. The lowest BCUT2D eigenvalue weighted by Gasteiger charge is -2.13. The Bertz CT molecular complexity index is 642. The molecule has 1 aliphatic rings. The van der Waals surface area contributed by atoms with Crippen LogP contribution >= 0.6 is 15.9 Å². The Balaban J connectivity index is 2.12. The zero-order chi connectivity index (χ0) is 15.0. The van der Waals surface area contributed by atoms with E-state index < -0.39 is 0 Å². The summed E-state index contributed by atoms with van der Waals surface area (Å²) in [6.07, 6.45) is 3.43. The number of halogens is 1. The SMILES string of the molecule is CCCNc1nc(C2CC2)nc(-c2c(Br)nnn2C)c1C. The van der Waals surface area contributed by atoms with Crippen LogP contribution in [0.25, 0.3) is 11.4 Å². The van der Waals surface area contributed by atoms with E-state index in [-0.39, 0.29) is 0 Å². The molecule has 0 unspecified atom stereocenters. The van der Waals surface area contributed by atoms with Crippen LogP contribution in [0.1, 0.15) is 43.5 Å². The van der Waals surface area contributed by atoms with Gasteiger partial charge >= 0.3 is 0 Å². The van der Waals surface area contributed by atoms with Gasteiger partial charge in [-0.05, 0) is 42.1 Å². The number of nitrogens with zero attached hydrogens (tertiary/aromatic N) is 5. The topological polar surface area (TPSA) is 68.5 Å². The molecule has 1 saturated carbocycles. The van der Waals surface area contributed by atoms with Gasteiger partial charge in [0.25, 0.3) is 0 Å². The van der Waals surface area contributed by atoms with Gasteiger partial charge in [0.1, 0.15) is 17.3 Å². The number of aryl methyl sites for hydroxylation is 1. The summed E-state index contributed by atoms with van der Waals surface area (Å²) in [5.41, 5.74) is 2.85. The molecular formula is C14H19BrN6. The minimum absolute atomic E-state index is 0.506. The zero-order valence-corrected chi connectivity index (χ0v) is 14.1. The van der Waals surface area contributed by atoms with E-state index in [1.165, 1.54) is 12.8 Å². The van der Waals surface area contributed by atoms with Gasteiger partial charge in [0.05, 0.1) is 5.69 Å². The standard InChI is InChI=1S/C14H19BrN6/c1-4-7-16-13-8(2)10(11-12(15)19-20-21(11)3)17-14(18-13)9-5-6-9/h9H,4-7H2,1-3H3,(H,16,17,18). The highest BCUT2D eigenvalue weighted by Gasteiger charge is 2.29. The average Bonchev–Trinajstić information content (AvgIpc) is 3.25. The van der Waals surface area contributed by atoms with Crippen LogP contribution in [-0.4, -0.2) is 31.5 Å². The average molecular weight is 351 g/mol. The summed E-state index contributed by atoms with van der Waals surface area (Å²) in [6.45, 7) is 5.10. The van der Waals surface area contributed by atoms with Gasteiger partial charge in [-0.25, -0.2) is 14.6 Å². The first kappa shape index (κ1) is 14.4. The third-order valence-electron chi connectivity index (χ3n) is 3.66. The minimum Gasteiger partial charge on any atom is -0.370 e. The highest BCUT2D eigenvalue weighted by Crippen LogP contribution is 2.40. The molecule has 2 heterocycles. The second-order valence-electron chi connectivity index (χ2n) is 5.46. The van der Waals surface area contributed by atoms with Crippen molar-refractivity contribution in [2.45, 2.75) is 39.0 Å². The second kappa shape index (κ2) is 5.71. The monoisotopic (exact) mass is 350 g/mol. The van der Waals surface area contributed by atoms with Crippen molar-refractivity contribution >= 4 is 21.7 Å². The van der Waals surface area contributed by atoms with Crippen molar-refractivity contribution in [3.63, 3.8) is 0 Å². The molecule has 6 nitrogen and oxygen atoms in total. The number of nitrogens with one attached hydrogen (secondary N) is 1. The van der Waals surface area contributed by atoms with Crippen molar-refractivity contribution in [3.05, 3.63) is 16.0 Å². The van der Waals surface area contributed by atoms with E-state index in [1.807, 2.05) is 14.0 Å². The van der Waals surface area contributed by atoms with Crippen LogP contribution in [-0.2, 0) is 7.05 Å². The molecule has 7 heteroatoms. The summed E-state index contributed by atoms with van der Waals surface area (Å²) >= 11 is 3.47. The van der Waals surface area contributed by atoms with Crippen molar-refractivity contribution in [3.8, 4) is 11.4 Å². The Kier molecular flexibility index (Phi) is 3.93. The maximum absolute atomic E-state index is 4.79. The summed E-state index contributed by atoms with van der Waals surface area (Å²) in [6, 6.07) is 0. The molecule has 112 valence electrons. The summed E-state index contributed by atoms with van der Waals surface area (Å²) < 4.78 is 2.47. The maximum Gasteiger partial charge on any atom is 0.157 e. The van der Waals surface area contributed by atoms with Gasteiger partial charge in [0, 0.05) is 25.1 Å². The van der Waals surface area contributed by atoms with E-state index in [1.54, 1.807) is 4.68 Å². The molecule has 0 atom stereocenters. The van der Waals surface area contributed by atoms with Crippen molar-refractivity contribution in [1.82, 2.24) is 25.0 Å². The van der Waals surface area contributed by atoms with Gasteiger partial charge in [0.2, 0.25) is 0 Å². The molecule has 0 aromatic carbocycles. The molecule has 1 fully saturated rings. The molecular weight excluding hydrogens is 332 g/mol. The zero-order valence-electron chi connectivity index (χ0n) is 12.5. The van der Waals surface area contributed by atoms with E-state index >= 15 is 0 Å². The summed E-state index contributed by atoms with van der Waals surface area (Å²) in [7, 11) is 1.88. The van der Waals surface area contributed by atoms with E-state index in [2.05, 4.69) is 38.5 Å². The Morgan fingerprint density at radius 3 is 2.67 bits per heavy atom. The molecule has 0 radical (unpaired) electrons. The van der Waals surface area contributed by atoms with Crippen molar-refractivity contribution in [2.24, 2.45) is 7.05 Å². The van der Waals surface area contributed by atoms with Gasteiger partial charge in [-0.1, -0.05) is 12.1 Å². The molecule has 2 aromatic heterocycles. The predicted octanol–water partition coefficient (Wildman–Crippen LogP) is 3.04. The molecule has 0 spiro atoms. The quantitative estimate of drug-likeness (QED) is 0.897. The number of anilines is 1. The van der Waals surface area contributed by atoms with Gasteiger partial charge in [-0.3, -0.25) is 0 Å². The highest BCUT2D eigenvalue weighted by atomic mass is 79.9. The number of hydrogen-bond acceptors (Lipinski definition) is 5. The second-order valence-corrected chi connectivity index (χ2v) is 6.21. The minimum atomic E-state index is 0.506. The molecule has 0 amide bonds. The summed E-state index contributed by atoms with van der Waals surface area (Å²) in [5.74, 6) is 2.37. The van der Waals surface area contributed by atoms with Crippen LogP contribution in [0.4, 0.5) is 5.82 Å². The third-order valence-corrected chi connectivity index (χ3v) is 4.19. The van der Waals surface area contributed by atoms with Crippen molar-refractivity contribution in [1.29, 1.82) is 0 Å². The van der Waals surface area contributed by atoms with Crippen LogP contribution in [0.15, 0.2) is 4.60 Å². The summed E-state index contributed by atoms with van der Waals surface area (Å²) in [5, 5.41) is 11.5. The van der Waals surface area contributed by atoms with Gasteiger partial charge in [-0.2, -0.15) is 0 Å². The number of hydrogen-bond donors (Lipinski definition) is 1. The van der Waals surface area contributed by atoms with E-state index in [9.17, 15) is 0 Å². The molecule has 21 heavy (non-hydrogen) atoms. The van der Waals surface area contributed by atoms with Crippen LogP contribution < -0.4 is 5.32 Å². The van der Waals surface area contributed by atoms with E-state index in [4.69, 9.17) is 9.97 Å². The van der Waals surface area contributed by atoms with Crippen LogP contribution in [0.3, 0.4) is 0 Å². The largest absolute Gasteiger partial charge is 0.370 e. The molecule has 0 aliphatic heterocycles. The van der Waals surface area contributed by atoms with Crippen LogP contribution in [0, 0.1) is 6.92 Å². The lowest BCUT2D eigenvalue weighted by Crippen LogP contribution is -2.10. The van der Waals surface area contributed by atoms with Crippen LogP contribution in [0.5, 0.6) is 0 Å². The van der Waals surface area contributed by atoms with E-state index in [0.717, 1.165) is 46.2 Å². The van der Waals surface area contributed by atoms with Gasteiger partial charge < -0.3 is 5.32 Å². The lowest BCUT2D eigenvalue weighted by molar-refractivity contribution is 0.717. The highest BCUT2D eigenvalue weighted by molar-refractivity contribution is 9.10. The molecule has 0 saturated heterocycles. The number of aromatic nitrogens is 5. The van der Waals surface area contributed by atoms with Crippen molar-refractivity contribution in [2.75, 3.05) is 11.9 Å². The Morgan fingerprint density at radius 2 is 2.10 bits per heavy atom. The smallest absolute Gasteiger partial charge is 0.157 e. The molecule has 3 rings (SSSR count). The molecule has 2 aromatic rings. The molecule has 1 aliphatic carbocycles. The first-order valence-corrected chi connectivity index (χ1v) is 8.09. The fraction of sp³-hybridized carbons (Fsp3) is 0.571. The fourth-order valence-corrected chi connectivity index (χ4v) is 2.80. The van der Waals surface area contributed by atoms with Crippen molar-refractivity contribution < 1.29 is 0 Å². The predicted molar refractivity (Wildman–Crippen MR) is 85.2 cm³/mol. The van der Waals surface area contributed by atoms with E-state index in [0.29, 0.717) is 5.92 Å². The molecule has 0 bridgehead atoms.